The van der Waals surface area contributed by atoms with Crippen LogP contribution in [0.15, 0.2) is 24.4 Å². The van der Waals surface area contributed by atoms with Gasteiger partial charge >= 0.3 is 0 Å². The molecule has 2 rings (SSSR count). The number of methoxy groups -OCH3 is 1. The van der Waals surface area contributed by atoms with Crippen molar-refractivity contribution in [3.05, 3.63) is 34.8 Å². The summed E-state index contributed by atoms with van der Waals surface area (Å²) in [6, 6.07) is 5.97. The Morgan fingerprint density at radius 1 is 1.37 bits per heavy atom. The Morgan fingerprint density at radius 3 is 2.84 bits per heavy atom. The molecule has 0 aliphatic heterocycles. The third-order valence-electron chi connectivity index (χ3n) is 2.68. The molecule has 19 heavy (non-hydrogen) atoms. The third-order valence-corrected chi connectivity index (χ3v) is 3.59. The van der Waals surface area contributed by atoms with Crippen molar-refractivity contribution in [3.8, 4) is 11.5 Å². The maximum absolute atomic E-state index is 5.75. The summed E-state index contributed by atoms with van der Waals surface area (Å²) < 4.78 is 11.1. The molecule has 1 heterocycles. The van der Waals surface area contributed by atoms with Crippen molar-refractivity contribution in [1.29, 1.82) is 0 Å². The van der Waals surface area contributed by atoms with Gasteiger partial charge in [0.15, 0.2) is 16.6 Å². The van der Waals surface area contributed by atoms with E-state index in [1.807, 2.05) is 18.2 Å². The van der Waals surface area contributed by atoms with Crippen LogP contribution >= 0.6 is 11.3 Å². The zero-order valence-corrected chi connectivity index (χ0v) is 11.8. The molecule has 3 N–H and O–H groups in total. The third kappa shape index (κ3) is 3.36. The highest BCUT2D eigenvalue weighted by atomic mass is 32.1. The van der Waals surface area contributed by atoms with Gasteiger partial charge in [0.2, 0.25) is 0 Å². The summed E-state index contributed by atoms with van der Waals surface area (Å²) in [4.78, 5) is 5.08. The summed E-state index contributed by atoms with van der Waals surface area (Å²) in [6.07, 6.45) is 2.71. The summed E-state index contributed by atoms with van der Waals surface area (Å²) in [7, 11) is 1.64. The van der Waals surface area contributed by atoms with E-state index < -0.39 is 0 Å². The summed E-state index contributed by atoms with van der Waals surface area (Å²) >= 11 is 1.46. The van der Waals surface area contributed by atoms with Crippen molar-refractivity contribution in [2.24, 2.45) is 5.84 Å². The zero-order chi connectivity index (χ0) is 13.7. The first-order valence-electron chi connectivity index (χ1n) is 5.97. The average molecular weight is 279 g/mol. The van der Waals surface area contributed by atoms with E-state index in [0.29, 0.717) is 11.7 Å². The average Bonchev–Trinajstić information content (AvgIpc) is 2.92. The molecule has 0 saturated heterocycles. The monoisotopic (exact) mass is 279 g/mol. The fourth-order valence-electron chi connectivity index (χ4n) is 1.64. The number of nitrogens with one attached hydrogen (secondary N) is 1. The Balaban J connectivity index is 2.06. The predicted octanol–water partition coefficient (Wildman–Crippen LogP) is 2.58. The zero-order valence-electron chi connectivity index (χ0n) is 11.0. The second kappa shape index (κ2) is 6.40. The lowest BCUT2D eigenvalue weighted by Crippen LogP contribution is -2.05. The SMILES string of the molecule is CCc1ccc(OCc2cnc(NN)s2)c(OC)c1. The van der Waals surface area contributed by atoms with Crippen LogP contribution in [0.1, 0.15) is 17.4 Å². The molecule has 1 aromatic heterocycles. The van der Waals surface area contributed by atoms with Gasteiger partial charge in [0.05, 0.1) is 12.0 Å². The molecule has 2 aromatic rings. The number of nitrogen functional groups attached to an aromatic ring is 1. The first-order chi connectivity index (χ1) is 9.26. The van der Waals surface area contributed by atoms with Crippen molar-refractivity contribution in [3.63, 3.8) is 0 Å². The van der Waals surface area contributed by atoms with Crippen molar-refractivity contribution >= 4 is 16.5 Å². The molecule has 5 nitrogen and oxygen atoms in total. The molecular formula is C13H17N3O2S. The molecule has 0 saturated carbocycles. The lowest BCUT2D eigenvalue weighted by molar-refractivity contribution is 0.287. The summed E-state index contributed by atoms with van der Waals surface area (Å²) in [5.74, 6) is 6.77. The molecule has 102 valence electrons. The number of rotatable bonds is 6. The van der Waals surface area contributed by atoms with E-state index in [-0.39, 0.29) is 0 Å². The van der Waals surface area contributed by atoms with E-state index in [1.54, 1.807) is 13.3 Å². The number of nitrogens with zero attached hydrogens (tertiary/aromatic N) is 1. The van der Waals surface area contributed by atoms with Gasteiger partial charge in [0, 0.05) is 6.20 Å². The van der Waals surface area contributed by atoms with E-state index in [1.165, 1.54) is 16.9 Å². The minimum absolute atomic E-state index is 0.446. The largest absolute Gasteiger partial charge is 0.493 e. The number of hydrogen-bond acceptors (Lipinski definition) is 6. The Hall–Kier alpha value is -1.79. The Labute approximate surface area is 116 Å². The fraction of sp³-hybridized carbons (Fsp3) is 0.308. The van der Waals surface area contributed by atoms with Gasteiger partial charge in [0.25, 0.3) is 0 Å². The Bertz CT molecular complexity index is 542. The highest BCUT2D eigenvalue weighted by Crippen LogP contribution is 2.29. The fourth-order valence-corrected chi connectivity index (χ4v) is 2.28. The number of ether oxygens (including phenoxy) is 2. The number of hydrazine groups is 1. The minimum Gasteiger partial charge on any atom is -0.493 e. The normalized spacial score (nSPS) is 10.3. The van der Waals surface area contributed by atoms with E-state index >= 15 is 0 Å². The molecule has 0 atom stereocenters. The molecule has 0 amide bonds. The molecule has 1 aromatic carbocycles. The molecule has 0 bridgehead atoms. The maximum atomic E-state index is 5.75. The smallest absolute Gasteiger partial charge is 0.197 e. The predicted molar refractivity (Wildman–Crippen MR) is 76.6 cm³/mol. The van der Waals surface area contributed by atoms with Crippen LogP contribution in [0, 0.1) is 0 Å². The van der Waals surface area contributed by atoms with Gasteiger partial charge in [-0.25, -0.2) is 10.8 Å². The number of hydrogen-bond donors (Lipinski definition) is 2. The van der Waals surface area contributed by atoms with Crippen molar-refractivity contribution < 1.29 is 9.47 Å². The molecule has 6 heteroatoms. The van der Waals surface area contributed by atoms with Gasteiger partial charge < -0.3 is 9.47 Å². The van der Waals surface area contributed by atoms with E-state index in [4.69, 9.17) is 15.3 Å². The Kier molecular flexibility index (Phi) is 4.59. The lowest BCUT2D eigenvalue weighted by Gasteiger charge is -2.10. The van der Waals surface area contributed by atoms with Crippen LogP contribution < -0.4 is 20.7 Å². The van der Waals surface area contributed by atoms with Gasteiger partial charge in [0.1, 0.15) is 6.61 Å². The molecule has 0 fully saturated rings. The highest BCUT2D eigenvalue weighted by molar-refractivity contribution is 7.15. The van der Waals surface area contributed by atoms with Gasteiger partial charge in [-0.05, 0) is 24.1 Å². The Morgan fingerprint density at radius 2 is 2.21 bits per heavy atom. The lowest BCUT2D eigenvalue weighted by atomic mass is 10.1. The van der Waals surface area contributed by atoms with Crippen LogP contribution in [0.2, 0.25) is 0 Å². The molecule has 0 aliphatic rings. The maximum Gasteiger partial charge on any atom is 0.197 e. The number of anilines is 1. The van der Waals surface area contributed by atoms with Crippen molar-refractivity contribution in [2.75, 3.05) is 12.5 Å². The van der Waals surface area contributed by atoms with Crippen LogP contribution in [-0.4, -0.2) is 12.1 Å². The number of aromatic nitrogens is 1. The molecule has 0 aliphatic carbocycles. The second-order valence-electron chi connectivity index (χ2n) is 3.90. The van der Waals surface area contributed by atoms with Crippen molar-refractivity contribution in [1.82, 2.24) is 4.98 Å². The minimum atomic E-state index is 0.446. The van der Waals surface area contributed by atoms with Crippen LogP contribution in [0.5, 0.6) is 11.5 Å². The molecule has 0 radical (unpaired) electrons. The van der Waals surface area contributed by atoms with E-state index in [0.717, 1.165) is 22.8 Å². The molecular weight excluding hydrogens is 262 g/mol. The van der Waals surface area contributed by atoms with Gasteiger partial charge in [-0.2, -0.15) is 0 Å². The summed E-state index contributed by atoms with van der Waals surface area (Å²) in [5, 5.41) is 0.673. The van der Waals surface area contributed by atoms with E-state index in [9.17, 15) is 0 Å². The van der Waals surface area contributed by atoms with Gasteiger partial charge in [-0.15, -0.1) is 0 Å². The van der Waals surface area contributed by atoms with Crippen molar-refractivity contribution in [2.45, 2.75) is 20.0 Å². The number of nitrogens with two attached hydrogens (primary N) is 1. The number of aryl methyl sites for hydroxylation is 1. The van der Waals surface area contributed by atoms with E-state index in [2.05, 4.69) is 17.3 Å². The quantitative estimate of drug-likeness (QED) is 0.628. The molecule has 0 spiro atoms. The topological polar surface area (TPSA) is 69.4 Å². The van der Waals surface area contributed by atoms with Crippen LogP contribution in [0.4, 0.5) is 5.13 Å². The number of thiazole rings is 1. The first kappa shape index (κ1) is 13.6. The molecule has 0 unspecified atom stereocenters. The van der Waals surface area contributed by atoms with Gasteiger partial charge in [-0.3, -0.25) is 5.43 Å². The van der Waals surface area contributed by atoms with Crippen LogP contribution in [-0.2, 0) is 13.0 Å². The van der Waals surface area contributed by atoms with Gasteiger partial charge in [-0.1, -0.05) is 24.3 Å². The second-order valence-corrected chi connectivity index (χ2v) is 5.02. The standard InChI is InChI=1S/C13H17N3O2S/c1-3-9-4-5-11(12(6-9)17-2)18-8-10-7-15-13(16-14)19-10/h4-7H,3,8,14H2,1-2H3,(H,15,16). The number of benzene rings is 1. The summed E-state index contributed by atoms with van der Waals surface area (Å²) in [6.45, 7) is 2.55. The van der Waals surface area contributed by atoms with Crippen LogP contribution in [0.3, 0.4) is 0 Å². The summed E-state index contributed by atoms with van der Waals surface area (Å²) in [5.41, 5.74) is 3.73. The first-order valence-corrected chi connectivity index (χ1v) is 6.79. The van der Waals surface area contributed by atoms with Crippen LogP contribution in [0.25, 0.3) is 0 Å². The highest BCUT2D eigenvalue weighted by Gasteiger charge is 2.07.